The highest BCUT2D eigenvalue weighted by Crippen LogP contribution is 2.00. The standard InChI is InChI=1S/C13H14FN3/c14-13-7-12(9-17-10-13)8-16-6-3-11-1-4-15-5-2-11/h1-2,4-5,7,9-10,16H,3,6,8H2. The van der Waals surface area contributed by atoms with E-state index in [1.165, 1.54) is 17.8 Å². The summed E-state index contributed by atoms with van der Waals surface area (Å²) in [4.78, 5) is 7.76. The number of nitrogens with one attached hydrogen (secondary N) is 1. The first kappa shape index (κ1) is 11.7. The van der Waals surface area contributed by atoms with Gasteiger partial charge >= 0.3 is 0 Å². The van der Waals surface area contributed by atoms with Crippen molar-refractivity contribution in [1.82, 2.24) is 15.3 Å². The molecule has 0 saturated heterocycles. The Morgan fingerprint density at radius 2 is 1.88 bits per heavy atom. The Kier molecular flexibility index (Phi) is 4.16. The fraction of sp³-hybridized carbons (Fsp3) is 0.231. The van der Waals surface area contributed by atoms with Gasteiger partial charge in [0.1, 0.15) is 5.82 Å². The summed E-state index contributed by atoms with van der Waals surface area (Å²) in [5.74, 6) is -0.293. The van der Waals surface area contributed by atoms with E-state index in [2.05, 4.69) is 15.3 Å². The normalized spacial score (nSPS) is 10.4. The largest absolute Gasteiger partial charge is 0.312 e. The summed E-state index contributed by atoms with van der Waals surface area (Å²) in [6.07, 6.45) is 7.38. The van der Waals surface area contributed by atoms with Crippen molar-refractivity contribution >= 4 is 0 Å². The van der Waals surface area contributed by atoms with Crippen LogP contribution in [0.25, 0.3) is 0 Å². The van der Waals surface area contributed by atoms with E-state index in [1.54, 1.807) is 18.6 Å². The third-order valence-corrected chi connectivity index (χ3v) is 2.43. The van der Waals surface area contributed by atoms with Gasteiger partial charge in [0.15, 0.2) is 0 Å². The van der Waals surface area contributed by atoms with Crippen LogP contribution in [0.15, 0.2) is 43.0 Å². The summed E-state index contributed by atoms with van der Waals surface area (Å²) in [6.45, 7) is 1.48. The molecule has 0 aliphatic carbocycles. The van der Waals surface area contributed by atoms with Crippen LogP contribution in [0.4, 0.5) is 4.39 Å². The van der Waals surface area contributed by atoms with Gasteiger partial charge in [-0.15, -0.1) is 0 Å². The van der Waals surface area contributed by atoms with Crippen molar-refractivity contribution in [2.24, 2.45) is 0 Å². The number of halogens is 1. The minimum Gasteiger partial charge on any atom is -0.312 e. The first-order chi connectivity index (χ1) is 8.34. The summed E-state index contributed by atoms with van der Waals surface area (Å²) >= 11 is 0. The summed E-state index contributed by atoms with van der Waals surface area (Å²) < 4.78 is 12.8. The first-order valence-corrected chi connectivity index (χ1v) is 5.53. The van der Waals surface area contributed by atoms with E-state index in [-0.39, 0.29) is 5.82 Å². The Balaban J connectivity index is 1.73. The molecule has 0 radical (unpaired) electrons. The van der Waals surface area contributed by atoms with Crippen molar-refractivity contribution in [3.63, 3.8) is 0 Å². The molecule has 0 amide bonds. The van der Waals surface area contributed by atoms with Gasteiger partial charge in [-0.3, -0.25) is 9.97 Å². The van der Waals surface area contributed by atoms with Gasteiger partial charge in [-0.1, -0.05) is 0 Å². The quantitative estimate of drug-likeness (QED) is 0.799. The molecule has 0 spiro atoms. The molecule has 2 rings (SSSR count). The number of pyridine rings is 2. The lowest BCUT2D eigenvalue weighted by Crippen LogP contribution is -2.16. The molecule has 0 fully saturated rings. The molecule has 0 aliphatic heterocycles. The Bertz CT molecular complexity index is 459. The zero-order valence-corrected chi connectivity index (χ0v) is 9.44. The maximum Gasteiger partial charge on any atom is 0.141 e. The molecule has 2 aromatic rings. The zero-order chi connectivity index (χ0) is 11.9. The van der Waals surface area contributed by atoms with Gasteiger partial charge in [-0.2, -0.15) is 0 Å². The molecular weight excluding hydrogens is 217 g/mol. The average Bonchev–Trinajstić information content (AvgIpc) is 2.36. The van der Waals surface area contributed by atoms with Gasteiger partial charge in [-0.05, 0) is 42.3 Å². The smallest absolute Gasteiger partial charge is 0.141 e. The maximum atomic E-state index is 12.8. The first-order valence-electron chi connectivity index (χ1n) is 5.53. The zero-order valence-electron chi connectivity index (χ0n) is 9.44. The van der Waals surface area contributed by atoms with Crippen LogP contribution in [0.3, 0.4) is 0 Å². The van der Waals surface area contributed by atoms with Crippen molar-refractivity contribution in [2.45, 2.75) is 13.0 Å². The minimum absolute atomic E-state index is 0.293. The van der Waals surface area contributed by atoms with E-state index in [1.807, 2.05) is 12.1 Å². The molecular formula is C13H14FN3. The Hall–Kier alpha value is -1.81. The summed E-state index contributed by atoms with van der Waals surface area (Å²) in [7, 11) is 0. The molecule has 3 nitrogen and oxygen atoms in total. The lowest BCUT2D eigenvalue weighted by Gasteiger charge is -2.04. The van der Waals surface area contributed by atoms with E-state index in [0.29, 0.717) is 6.54 Å². The van der Waals surface area contributed by atoms with Gasteiger partial charge in [0.25, 0.3) is 0 Å². The van der Waals surface area contributed by atoms with Crippen molar-refractivity contribution in [2.75, 3.05) is 6.54 Å². The van der Waals surface area contributed by atoms with Crippen LogP contribution in [-0.2, 0) is 13.0 Å². The van der Waals surface area contributed by atoms with Crippen molar-refractivity contribution in [3.05, 3.63) is 59.9 Å². The van der Waals surface area contributed by atoms with Crippen molar-refractivity contribution < 1.29 is 4.39 Å². The molecule has 2 aromatic heterocycles. The highest BCUT2D eigenvalue weighted by atomic mass is 19.1. The Morgan fingerprint density at radius 3 is 2.65 bits per heavy atom. The van der Waals surface area contributed by atoms with Crippen molar-refractivity contribution in [1.29, 1.82) is 0 Å². The monoisotopic (exact) mass is 231 g/mol. The van der Waals surface area contributed by atoms with E-state index in [0.717, 1.165) is 18.5 Å². The van der Waals surface area contributed by atoms with E-state index in [4.69, 9.17) is 0 Å². The van der Waals surface area contributed by atoms with E-state index >= 15 is 0 Å². The fourth-order valence-electron chi connectivity index (χ4n) is 1.57. The highest BCUT2D eigenvalue weighted by Gasteiger charge is 1.96. The molecule has 0 saturated carbocycles. The Labute approximate surface area is 99.7 Å². The lowest BCUT2D eigenvalue weighted by molar-refractivity contribution is 0.612. The van der Waals surface area contributed by atoms with Crippen LogP contribution in [0.1, 0.15) is 11.1 Å². The molecule has 17 heavy (non-hydrogen) atoms. The SMILES string of the molecule is Fc1cncc(CNCCc2ccncc2)c1. The second-order valence-electron chi connectivity index (χ2n) is 3.79. The lowest BCUT2D eigenvalue weighted by atomic mass is 10.2. The van der Waals surface area contributed by atoms with Gasteiger partial charge in [0, 0.05) is 25.1 Å². The Morgan fingerprint density at radius 1 is 1.06 bits per heavy atom. The number of aromatic nitrogens is 2. The molecule has 0 atom stereocenters. The number of hydrogen-bond donors (Lipinski definition) is 1. The van der Waals surface area contributed by atoms with Crippen LogP contribution in [0.5, 0.6) is 0 Å². The summed E-state index contributed by atoms with van der Waals surface area (Å²) in [5.41, 5.74) is 2.10. The van der Waals surface area contributed by atoms with E-state index < -0.39 is 0 Å². The summed E-state index contributed by atoms with van der Waals surface area (Å²) in [6, 6.07) is 5.48. The van der Waals surface area contributed by atoms with E-state index in [9.17, 15) is 4.39 Å². The van der Waals surface area contributed by atoms with Gasteiger partial charge in [0.2, 0.25) is 0 Å². The topological polar surface area (TPSA) is 37.8 Å². The van der Waals surface area contributed by atoms with Crippen molar-refractivity contribution in [3.8, 4) is 0 Å². The van der Waals surface area contributed by atoms with Crippen LogP contribution in [-0.4, -0.2) is 16.5 Å². The molecule has 4 heteroatoms. The molecule has 2 heterocycles. The van der Waals surface area contributed by atoms with Crippen LogP contribution in [0, 0.1) is 5.82 Å². The molecule has 0 bridgehead atoms. The van der Waals surface area contributed by atoms with Crippen LogP contribution >= 0.6 is 0 Å². The second-order valence-corrected chi connectivity index (χ2v) is 3.79. The molecule has 0 aromatic carbocycles. The van der Waals surface area contributed by atoms with Crippen LogP contribution in [0.2, 0.25) is 0 Å². The number of rotatable bonds is 5. The van der Waals surface area contributed by atoms with Gasteiger partial charge in [-0.25, -0.2) is 4.39 Å². The molecule has 88 valence electrons. The van der Waals surface area contributed by atoms with Crippen LogP contribution < -0.4 is 5.32 Å². The third kappa shape index (κ3) is 3.92. The van der Waals surface area contributed by atoms with Gasteiger partial charge < -0.3 is 5.32 Å². The number of hydrogen-bond acceptors (Lipinski definition) is 3. The highest BCUT2D eigenvalue weighted by molar-refractivity contribution is 5.11. The molecule has 0 aliphatic rings. The minimum atomic E-state index is -0.293. The molecule has 0 unspecified atom stereocenters. The average molecular weight is 231 g/mol. The number of nitrogens with zero attached hydrogens (tertiary/aromatic N) is 2. The predicted octanol–water partition coefficient (Wildman–Crippen LogP) is 1.95. The third-order valence-electron chi connectivity index (χ3n) is 2.43. The predicted molar refractivity (Wildman–Crippen MR) is 63.8 cm³/mol. The van der Waals surface area contributed by atoms with Gasteiger partial charge in [0.05, 0.1) is 6.20 Å². The second kappa shape index (κ2) is 6.06. The fourth-order valence-corrected chi connectivity index (χ4v) is 1.57. The summed E-state index contributed by atoms with van der Waals surface area (Å²) in [5, 5.41) is 3.25. The maximum absolute atomic E-state index is 12.8. The molecule has 1 N–H and O–H groups in total.